The third-order valence-corrected chi connectivity index (χ3v) is 3.73. The van der Waals surface area contributed by atoms with Crippen LogP contribution in [0.3, 0.4) is 0 Å². The highest BCUT2D eigenvalue weighted by molar-refractivity contribution is 5.45. The summed E-state index contributed by atoms with van der Waals surface area (Å²) in [4.78, 5) is 6.70. The SMILES string of the molecule is CCCNCc1cc(N(C)CC2CCCCO2)ccn1. The van der Waals surface area contributed by atoms with Gasteiger partial charge in [0.05, 0.1) is 11.8 Å². The third kappa shape index (κ3) is 4.76. The van der Waals surface area contributed by atoms with Crippen LogP contribution in [0.4, 0.5) is 5.69 Å². The molecule has 1 N–H and O–H groups in total. The maximum Gasteiger partial charge on any atom is 0.0749 e. The van der Waals surface area contributed by atoms with Gasteiger partial charge in [-0.25, -0.2) is 0 Å². The van der Waals surface area contributed by atoms with Crippen molar-refractivity contribution in [1.82, 2.24) is 10.3 Å². The van der Waals surface area contributed by atoms with Crippen LogP contribution in [0, 0.1) is 0 Å². The highest BCUT2D eigenvalue weighted by atomic mass is 16.5. The van der Waals surface area contributed by atoms with Crippen molar-refractivity contribution in [2.24, 2.45) is 0 Å². The first-order valence-electron chi connectivity index (χ1n) is 7.78. The smallest absolute Gasteiger partial charge is 0.0749 e. The van der Waals surface area contributed by atoms with Gasteiger partial charge in [-0.1, -0.05) is 6.92 Å². The molecular formula is C16H27N3O. The largest absolute Gasteiger partial charge is 0.376 e. The first-order chi connectivity index (χ1) is 9.79. The van der Waals surface area contributed by atoms with Crippen molar-refractivity contribution in [2.75, 3.05) is 31.6 Å². The molecule has 0 bridgehead atoms. The van der Waals surface area contributed by atoms with Crippen LogP contribution in [0.1, 0.15) is 38.3 Å². The maximum atomic E-state index is 5.81. The summed E-state index contributed by atoms with van der Waals surface area (Å²) in [5.74, 6) is 0. The Morgan fingerprint density at radius 2 is 2.35 bits per heavy atom. The van der Waals surface area contributed by atoms with Crippen molar-refractivity contribution in [2.45, 2.75) is 45.3 Å². The molecule has 0 aliphatic carbocycles. The predicted molar refractivity (Wildman–Crippen MR) is 83.1 cm³/mol. The molecule has 4 nitrogen and oxygen atoms in total. The molecule has 1 aliphatic rings. The number of hydrogen-bond donors (Lipinski definition) is 1. The maximum absolute atomic E-state index is 5.81. The molecule has 0 saturated carbocycles. The minimum atomic E-state index is 0.378. The number of nitrogens with one attached hydrogen (secondary N) is 1. The van der Waals surface area contributed by atoms with Crippen LogP contribution in [0.5, 0.6) is 0 Å². The van der Waals surface area contributed by atoms with Gasteiger partial charge < -0.3 is 15.0 Å². The van der Waals surface area contributed by atoms with E-state index in [1.165, 1.54) is 24.9 Å². The molecule has 1 saturated heterocycles. The van der Waals surface area contributed by atoms with Gasteiger partial charge in [0.15, 0.2) is 0 Å². The highest BCUT2D eigenvalue weighted by Gasteiger charge is 2.16. The molecule has 0 aromatic carbocycles. The monoisotopic (exact) mass is 277 g/mol. The standard InChI is InChI=1S/C16H27N3O/c1-3-8-17-12-14-11-15(7-9-18-14)19(2)13-16-6-4-5-10-20-16/h7,9,11,16-17H,3-6,8,10,12-13H2,1-2H3. The van der Waals surface area contributed by atoms with Crippen LogP contribution >= 0.6 is 0 Å². The molecule has 1 unspecified atom stereocenters. The van der Waals surface area contributed by atoms with E-state index in [1.54, 1.807) is 0 Å². The number of nitrogens with zero attached hydrogens (tertiary/aromatic N) is 2. The van der Waals surface area contributed by atoms with E-state index in [0.717, 1.165) is 38.4 Å². The Kier molecular flexibility index (Phi) is 6.27. The van der Waals surface area contributed by atoms with Crippen molar-refractivity contribution in [3.05, 3.63) is 24.0 Å². The fraction of sp³-hybridized carbons (Fsp3) is 0.688. The molecule has 2 rings (SSSR count). The molecule has 112 valence electrons. The number of aromatic nitrogens is 1. The number of ether oxygens (including phenoxy) is 1. The van der Waals surface area contributed by atoms with Crippen LogP contribution in [0.2, 0.25) is 0 Å². The summed E-state index contributed by atoms with van der Waals surface area (Å²) in [6.45, 7) is 5.94. The van der Waals surface area contributed by atoms with Gasteiger partial charge in [-0.05, 0) is 44.4 Å². The van der Waals surface area contributed by atoms with Crippen molar-refractivity contribution < 1.29 is 4.74 Å². The van der Waals surface area contributed by atoms with E-state index in [4.69, 9.17) is 4.74 Å². The number of likely N-dealkylation sites (N-methyl/N-ethyl adjacent to an activating group) is 1. The fourth-order valence-corrected chi connectivity index (χ4v) is 2.56. The zero-order valence-electron chi connectivity index (χ0n) is 12.8. The molecule has 1 fully saturated rings. The Morgan fingerprint density at radius 3 is 3.10 bits per heavy atom. The van der Waals surface area contributed by atoms with E-state index in [1.807, 2.05) is 6.20 Å². The molecular weight excluding hydrogens is 250 g/mol. The van der Waals surface area contributed by atoms with E-state index in [-0.39, 0.29) is 0 Å². The Bertz CT molecular complexity index is 391. The summed E-state index contributed by atoms with van der Waals surface area (Å²) in [5, 5.41) is 3.39. The van der Waals surface area contributed by atoms with Gasteiger partial charge in [-0.15, -0.1) is 0 Å². The second kappa shape index (κ2) is 8.22. The summed E-state index contributed by atoms with van der Waals surface area (Å²) in [5.41, 5.74) is 2.33. The summed E-state index contributed by atoms with van der Waals surface area (Å²) in [6.07, 6.45) is 7.11. The Labute approximate surface area is 122 Å². The minimum Gasteiger partial charge on any atom is -0.376 e. The third-order valence-electron chi connectivity index (χ3n) is 3.73. The van der Waals surface area contributed by atoms with Crippen LogP contribution in [0.25, 0.3) is 0 Å². The van der Waals surface area contributed by atoms with Crippen LogP contribution in [-0.2, 0) is 11.3 Å². The van der Waals surface area contributed by atoms with Crippen LogP contribution < -0.4 is 10.2 Å². The molecule has 0 spiro atoms. The number of pyridine rings is 1. The lowest BCUT2D eigenvalue weighted by Crippen LogP contribution is -2.33. The lowest BCUT2D eigenvalue weighted by atomic mass is 10.1. The second-order valence-electron chi connectivity index (χ2n) is 5.55. The molecule has 1 aliphatic heterocycles. The Hall–Kier alpha value is -1.13. The van der Waals surface area contributed by atoms with E-state index in [2.05, 4.69) is 41.3 Å². The molecule has 20 heavy (non-hydrogen) atoms. The Balaban J connectivity index is 1.88. The lowest BCUT2D eigenvalue weighted by molar-refractivity contribution is 0.0216. The molecule has 0 amide bonds. The van der Waals surface area contributed by atoms with Crippen molar-refractivity contribution in [3.8, 4) is 0 Å². The second-order valence-corrected chi connectivity index (χ2v) is 5.55. The van der Waals surface area contributed by atoms with Crippen molar-refractivity contribution in [3.63, 3.8) is 0 Å². The van der Waals surface area contributed by atoms with Crippen LogP contribution in [-0.4, -0.2) is 37.8 Å². The minimum absolute atomic E-state index is 0.378. The zero-order chi connectivity index (χ0) is 14.2. The molecule has 1 aromatic rings. The highest BCUT2D eigenvalue weighted by Crippen LogP contribution is 2.18. The van der Waals surface area contributed by atoms with E-state index in [0.29, 0.717) is 6.10 Å². The van der Waals surface area contributed by atoms with E-state index >= 15 is 0 Å². The van der Waals surface area contributed by atoms with Crippen molar-refractivity contribution in [1.29, 1.82) is 0 Å². The van der Waals surface area contributed by atoms with Crippen LogP contribution in [0.15, 0.2) is 18.3 Å². The Morgan fingerprint density at radius 1 is 1.45 bits per heavy atom. The van der Waals surface area contributed by atoms with Crippen molar-refractivity contribution >= 4 is 5.69 Å². The molecule has 1 aromatic heterocycles. The van der Waals surface area contributed by atoms with Gasteiger partial charge in [0, 0.05) is 38.6 Å². The quantitative estimate of drug-likeness (QED) is 0.777. The van der Waals surface area contributed by atoms with Gasteiger partial charge >= 0.3 is 0 Å². The molecule has 0 radical (unpaired) electrons. The summed E-state index contributed by atoms with van der Waals surface area (Å²) in [7, 11) is 2.14. The predicted octanol–water partition coefficient (Wildman–Crippen LogP) is 2.59. The normalized spacial score (nSPS) is 19.0. The lowest BCUT2D eigenvalue weighted by Gasteiger charge is -2.28. The molecule has 2 heterocycles. The van der Waals surface area contributed by atoms with Gasteiger partial charge in [-0.3, -0.25) is 4.98 Å². The van der Waals surface area contributed by atoms with E-state index in [9.17, 15) is 0 Å². The molecule has 4 heteroatoms. The fourth-order valence-electron chi connectivity index (χ4n) is 2.56. The summed E-state index contributed by atoms with van der Waals surface area (Å²) in [6, 6.07) is 4.25. The summed E-state index contributed by atoms with van der Waals surface area (Å²) >= 11 is 0. The number of rotatable bonds is 7. The topological polar surface area (TPSA) is 37.4 Å². The first kappa shape index (κ1) is 15.3. The zero-order valence-corrected chi connectivity index (χ0v) is 12.8. The van der Waals surface area contributed by atoms with Gasteiger partial charge in [-0.2, -0.15) is 0 Å². The first-order valence-corrected chi connectivity index (χ1v) is 7.78. The number of anilines is 1. The average molecular weight is 277 g/mol. The summed E-state index contributed by atoms with van der Waals surface area (Å²) < 4.78 is 5.81. The average Bonchev–Trinajstić information content (AvgIpc) is 2.49. The van der Waals surface area contributed by atoms with Gasteiger partial charge in [0.25, 0.3) is 0 Å². The number of hydrogen-bond acceptors (Lipinski definition) is 4. The molecule has 1 atom stereocenters. The van der Waals surface area contributed by atoms with Gasteiger partial charge in [0.1, 0.15) is 0 Å². The van der Waals surface area contributed by atoms with Gasteiger partial charge in [0.2, 0.25) is 0 Å². The van der Waals surface area contributed by atoms with E-state index < -0.39 is 0 Å².